The second kappa shape index (κ2) is 3.34. The normalized spacial score (nSPS) is 10.2. The Hall–Kier alpha value is -1.09. The molecule has 0 aliphatic rings. The predicted molar refractivity (Wildman–Crippen MR) is 52.3 cm³/mol. The van der Waals surface area contributed by atoms with E-state index in [1.54, 1.807) is 19.9 Å². The Balaban J connectivity index is 3.53. The number of nitrogens with zero attached hydrogens (tertiary/aromatic N) is 1. The van der Waals surface area contributed by atoms with Crippen molar-refractivity contribution in [3.63, 3.8) is 0 Å². The summed E-state index contributed by atoms with van der Waals surface area (Å²) in [4.78, 5) is 10.3. The van der Waals surface area contributed by atoms with Crippen molar-refractivity contribution >= 4 is 17.3 Å². The fourth-order valence-corrected chi connectivity index (χ4v) is 1.58. The van der Waals surface area contributed by atoms with Crippen LogP contribution in [0.15, 0.2) is 6.07 Å². The van der Waals surface area contributed by atoms with Crippen LogP contribution in [-0.4, -0.2) is 4.92 Å². The molecule has 0 N–H and O–H groups in total. The number of benzene rings is 1. The van der Waals surface area contributed by atoms with E-state index in [9.17, 15) is 10.1 Å². The number of nitro groups is 1. The van der Waals surface area contributed by atoms with Gasteiger partial charge < -0.3 is 0 Å². The minimum absolute atomic E-state index is 0.121. The van der Waals surface area contributed by atoms with E-state index in [0.29, 0.717) is 16.1 Å². The Morgan fingerprint density at radius 2 is 1.85 bits per heavy atom. The maximum atomic E-state index is 10.7. The maximum absolute atomic E-state index is 10.7. The average molecular weight is 200 g/mol. The first-order chi connectivity index (χ1) is 5.95. The molecule has 0 unspecified atom stereocenters. The van der Waals surface area contributed by atoms with Crippen molar-refractivity contribution in [2.75, 3.05) is 0 Å². The minimum Gasteiger partial charge on any atom is -0.258 e. The highest BCUT2D eigenvalue weighted by molar-refractivity contribution is 6.32. The lowest BCUT2D eigenvalue weighted by Crippen LogP contribution is -1.97. The van der Waals surface area contributed by atoms with Gasteiger partial charge in [0, 0.05) is 11.1 Å². The third-order valence-corrected chi connectivity index (χ3v) is 2.60. The lowest BCUT2D eigenvalue weighted by atomic mass is 10.1. The van der Waals surface area contributed by atoms with E-state index >= 15 is 0 Å². The topological polar surface area (TPSA) is 43.1 Å². The van der Waals surface area contributed by atoms with Crippen molar-refractivity contribution in [3.05, 3.63) is 37.9 Å². The fourth-order valence-electron chi connectivity index (χ4n) is 1.43. The maximum Gasteiger partial charge on any atom is 0.276 e. The number of hydrogen-bond acceptors (Lipinski definition) is 2. The highest BCUT2D eigenvalue weighted by Gasteiger charge is 2.18. The Morgan fingerprint density at radius 1 is 1.31 bits per heavy atom. The lowest BCUT2D eigenvalue weighted by molar-refractivity contribution is -0.386. The molecule has 0 aliphatic heterocycles. The Bertz CT molecular complexity index is 374. The molecule has 4 heteroatoms. The van der Waals surface area contributed by atoms with Gasteiger partial charge in [0.05, 0.1) is 9.95 Å². The molecule has 0 aliphatic carbocycles. The first kappa shape index (κ1) is 9.99. The van der Waals surface area contributed by atoms with Crippen LogP contribution in [0.1, 0.15) is 16.7 Å². The zero-order valence-electron chi connectivity index (χ0n) is 7.72. The first-order valence-corrected chi connectivity index (χ1v) is 4.23. The summed E-state index contributed by atoms with van der Waals surface area (Å²) in [6, 6.07) is 1.73. The van der Waals surface area contributed by atoms with Crippen LogP contribution >= 0.6 is 11.6 Å². The summed E-state index contributed by atoms with van der Waals surface area (Å²) in [6.07, 6.45) is 0. The van der Waals surface area contributed by atoms with Crippen molar-refractivity contribution in [1.29, 1.82) is 0 Å². The van der Waals surface area contributed by atoms with Gasteiger partial charge in [-0.2, -0.15) is 0 Å². The van der Waals surface area contributed by atoms with Gasteiger partial charge in [0.2, 0.25) is 0 Å². The van der Waals surface area contributed by atoms with E-state index in [0.717, 1.165) is 5.56 Å². The van der Waals surface area contributed by atoms with Crippen molar-refractivity contribution in [3.8, 4) is 0 Å². The minimum atomic E-state index is -0.393. The molecule has 0 fully saturated rings. The summed E-state index contributed by atoms with van der Waals surface area (Å²) in [6.45, 7) is 5.22. The van der Waals surface area contributed by atoms with Crippen LogP contribution in [0.2, 0.25) is 5.02 Å². The van der Waals surface area contributed by atoms with Crippen LogP contribution in [0, 0.1) is 30.9 Å². The number of rotatable bonds is 1. The molecule has 0 atom stereocenters. The standard InChI is InChI=1S/C9H10ClNO2/c1-5-4-6(2)9(11(12)13)7(3)8(5)10/h4H,1-3H3. The zero-order chi connectivity index (χ0) is 10.2. The number of nitro benzene ring substituents is 1. The smallest absolute Gasteiger partial charge is 0.258 e. The van der Waals surface area contributed by atoms with Gasteiger partial charge in [0.25, 0.3) is 5.69 Å². The molecule has 0 amide bonds. The zero-order valence-corrected chi connectivity index (χ0v) is 8.47. The Morgan fingerprint density at radius 3 is 2.31 bits per heavy atom. The van der Waals surface area contributed by atoms with Gasteiger partial charge in [-0.3, -0.25) is 10.1 Å². The molecule has 0 heterocycles. The van der Waals surface area contributed by atoms with E-state index in [4.69, 9.17) is 11.6 Å². The van der Waals surface area contributed by atoms with Gasteiger partial charge in [0.1, 0.15) is 0 Å². The average Bonchev–Trinajstić information content (AvgIpc) is 1.99. The molecule has 1 aromatic carbocycles. The third-order valence-electron chi connectivity index (χ3n) is 2.02. The molecule has 0 aromatic heterocycles. The number of hydrogen-bond donors (Lipinski definition) is 0. The molecule has 0 bridgehead atoms. The van der Waals surface area contributed by atoms with Gasteiger partial charge in [-0.25, -0.2) is 0 Å². The second-order valence-corrected chi connectivity index (χ2v) is 3.43. The second-order valence-electron chi connectivity index (χ2n) is 3.06. The van der Waals surface area contributed by atoms with Gasteiger partial charge in [-0.15, -0.1) is 0 Å². The molecule has 1 rings (SSSR count). The van der Waals surface area contributed by atoms with Crippen LogP contribution in [0.25, 0.3) is 0 Å². The summed E-state index contributed by atoms with van der Waals surface area (Å²) in [5.74, 6) is 0. The van der Waals surface area contributed by atoms with E-state index in [2.05, 4.69) is 0 Å². The molecule has 0 spiro atoms. The summed E-state index contributed by atoms with van der Waals surface area (Å²) in [5.41, 5.74) is 2.20. The first-order valence-electron chi connectivity index (χ1n) is 3.86. The molecule has 70 valence electrons. The van der Waals surface area contributed by atoms with Crippen LogP contribution in [0.5, 0.6) is 0 Å². The van der Waals surface area contributed by atoms with E-state index < -0.39 is 4.92 Å². The lowest BCUT2D eigenvalue weighted by Gasteiger charge is -2.05. The van der Waals surface area contributed by atoms with E-state index in [1.807, 2.05) is 6.92 Å². The van der Waals surface area contributed by atoms with Crippen LogP contribution < -0.4 is 0 Å². The Labute approximate surface area is 81.5 Å². The molecule has 0 saturated carbocycles. The quantitative estimate of drug-likeness (QED) is 0.515. The molecule has 0 radical (unpaired) electrons. The highest BCUT2D eigenvalue weighted by atomic mass is 35.5. The fraction of sp³-hybridized carbons (Fsp3) is 0.333. The molecular formula is C9H10ClNO2. The highest BCUT2D eigenvalue weighted by Crippen LogP contribution is 2.31. The summed E-state index contributed by atoms with van der Waals surface area (Å²) in [5, 5.41) is 11.1. The summed E-state index contributed by atoms with van der Waals surface area (Å²) in [7, 11) is 0. The van der Waals surface area contributed by atoms with Gasteiger partial charge in [-0.05, 0) is 32.4 Å². The van der Waals surface area contributed by atoms with Crippen molar-refractivity contribution < 1.29 is 4.92 Å². The third kappa shape index (κ3) is 1.65. The van der Waals surface area contributed by atoms with E-state index in [-0.39, 0.29) is 5.69 Å². The SMILES string of the molecule is Cc1cc(C)c([N+](=O)[O-])c(C)c1Cl. The van der Waals surface area contributed by atoms with Crippen molar-refractivity contribution in [2.45, 2.75) is 20.8 Å². The summed E-state index contributed by atoms with van der Waals surface area (Å²) >= 11 is 5.89. The van der Waals surface area contributed by atoms with Gasteiger partial charge >= 0.3 is 0 Å². The van der Waals surface area contributed by atoms with Crippen molar-refractivity contribution in [2.24, 2.45) is 0 Å². The monoisotopic (exact) mass is 199 g/mol. The number of aryl methyl sites for hydroxylation is 2. The molecular weight excluding hydrogens is 190 g/mol. The number of halogens is 1. The predicted octanol–water partition coefficient (Wildman–Crippen LogP) is 3.17. The van der Waals surface area contributed by atoms with E-state index in [1.165, 1.54) is 0 Å². The molecule has 0 saturated heterocycles. The van der Waals surface area contributed by atoms with Gasteiger partial charge in [-0.1, -0.05) is 11.6 Å². The van der Waals surface area contributed by atoms with Crippen LogP contribution in [0.4, 0.5) is 5.69 Å². The Kier molecular flexibility index (Phi) is 2.57. The molecule has 1 aromatic rings. The van der Waals surface area contributed by atoms with Crippen molar-refractivity contribution in [1.82, 2.24) is 0 Å². The molecule has 13 heavy (non-hydrogen) atoms. The summed E-state index contributed by atoms with van der Waals surface area (Å²) < 4.78 is 0. The van der Waals surface area contributed by atoms with Gasteiger partial charge in [0.15, 0.2) is 0 Å². The van der Waals surface area contributed by atoms with Crippen LogP contribution in [0.3, 0.4) is 0 Å². The van der Waals surface area contributed by atoms with Crippen LogP contribution in [-0.2, 0) is 0 Å². The molecule has 3 nitrogen and oxygen atoms in total. The largest absolute Gasteiger partial charge is 0.276 e.